The van der Waals surface area contributed by atoms with Crippen molar-refractivity contribution >= 4 is 17.5 Å². The van der Waals surface area contributed by atoms with Crippen LogP contribution in [0, 0.1) is 0 Å². The third kappa shape index (κ3) is 2.81. The molecule has 0 saturated carbocycles. The first-order valence-corrected chi connectivity index (χ1v) is 7.09. The monoisotopic (exact) mass is 328 g/mol. The minimum absolute atomic E-state index is 0.197. The molecule has 0 aliphatic heterocycles. The van der Waals surface area contributed by atoms with Crippen molar-refractivity contribution in [2.75, 3.05) is 26.6 Å². The van der Waals surface area contributed by atoms with E-state index in [2.05, 4.69) is 15.4 Å². The lowest BCUT2D eigenvalue weighted by molar-refractivity contribution is 0.102. The Morgan fingerprint density at radius 2 is 1.75 bits per heavy atom. The van der Waals surface area contributed by atoms with Crippen LogP contribution in [0.2, 0.25) is 0 Å². The van der Waals surface area contributed by atoms with Crippen LogP contribution in [0.5, 0.6) is 17.2 Å². The Hall–Kier alpha value is -3.29. The molecule has 24 heavy (non-hydrogen) atoms. The lowest BCUT2D eigenvalue weighted by Gasteiger charge is -2.13. The van der Waals surface area contributed by atoms with Crippen LogP contribution in [0.3, 0.4) is 0 Å². The van der Waals surface area contributed by atoms with Crippen molar-refractivity contribution in [2.45, 2.75) is 0 Å². The maximum absolute atomic E-state index is 12.6. The lowest BCUT2D eigenvalue weighted by atomic mass is 10.1. The summed E-state index contributed by atoms with van der Waals surface area (Å²) >= 11 is 0. The number of nitrogens with zero attached hydrogens (tertiary/aromatic N) is 3. The SMILES string of the molecule is COc1cc(OC)c(C(=O)Nc2nc3ccccn3n2)cc1OC. The Morgan fingerprint density at radius 3 is 2.42 bits per heavy atom. The number of aromatic nitrogens is 3. The van der Waals surface area contributed by atoms with Crippen LogP contribution >= 0.6 is 0 Å². The maximum atomic E-state index is 12.6. The predicted octanol–water partition coefficient (Wildman–Crippen LogP) is 2.01. The normalized spacial score (nSPS) is 10.5. The zero-order chi connectivity index (χ0) is 17.1. The maximum Gasteiger partial charge on any atom is 0.261 e. The Balaban J connectivity index is 1.93. The molecule has 0 unspecified atom stereocenters. The van der Waals surface area contributed by atoms with E-state index in [-0.39, 0.29) is 11.5 Å². The topological polar surface area (TPSA) is 87.0 Å². The molecule has 0 aliphatic rings. The van der Waals surface area contributed by atoms with Crippen LogP contribution in [0.1, 0.15) is 10.4 Å². The molecule has 2 aromatic heterocycles. The van der Waals surface area contributed by atoms with Gasteiger partial charge in [0.2, 0.25) is 5.95 Å². The second-order valence-corrected chi connectivity index (χ2v) is 4.80. The molecule has 1 N–H and O–H groups in total. The van der Waals surface area contributed by atoms with Crippen LogP contribution in [0.15, 0.2) is 36.5 Å². The van der Waals surface area contributed by atoms with Gasteiger partial charge in [0.05, 0.1) is 26.9 Å². The van der Waals surface area contributed by atoms with E-state index in [0.29, 0.717) is 22.9 Å². The quantitative estimate of drug-likeness (QED) is 0.771. The highest BCUT2D eigenvalue weighted by molar-refractivity contribution is 6.06. The average Bonchev–Trinajstić information content (AvgIpc) is 3.02. The molecule has 0 bridgehead atoms. The van der Waals surface area contributed by atoms with Crippen molar-refractivity contribution in [1.82, 2.24) is 14.6 Å². The molecule has 0 saturated heterocycles. The van der Waals surface area contributed by atoms with Crippen LogP contribution < -0.4 is 19.5 Å². The number of carbonyl (C=O) groups is 1. The van der Waals surface area contributed by atoms with Gasteiger partial charge in [-0.05, 0) is 12.1 Å². The van der Waals surface area contributed by atoms with Gasteiger partial charge in [-0.3, -0.25) is 10.1 Å². The summed E-state index contributed by atoms with van der Waals surface area (Å²) in [5, 5.41) is 6.84. The third-order valence-corrected chi connectivity index (χ3v) is 3.42. The average molecular weight is 328 g/mol. The van der Waals surface area contributed by atoms with Crippen molar-refractivity contribution in [3.05, 3.63) is 42.1 Å². The highest BCUT2D eigenvalue weighted by Gasteiger charge is 2.19. The van der Waals surface area contributed by atoms with Gasteiger partial charge in [-0.25, -0.2) is 4.52 Å². The summed E-state index contributed by atoms with van der Waals surface area (Å²) in [6.45, 7) is 0. The van der Waals surface area contributed by atoms with Gasteiger partial charge in [0.15, 0.2) is 17.1 Å². The number of ether oxygens (including phenoxy) is 3. The summed E-state index contributed by atoms with van der Waals surface area (Å²) < 4.78 is 17.3. The van der Waals surface area contributed by atoms with E-state index in [0.717, 1.165) is 0 Å². The molecule has 1 amide bonds. The van der Waals surface area contributed by atoms with Gasteiger partial charge in [-0.1, -0.05) is 6.07 Å². The lowest BCUT2D eigenvalue weighted by Crippen LogP contribution is -2.14. The smallest absolute Gasteiger partial charge is 0.261 e. The van der Waals surface area contributed by atoms with E-state index in [9.17, 15) is 4.79 Å². The van der Waals surface area contributed by atoms with E-state index < -0.39 is 5.91 Å². The van der Waals surface area contributed by atoms with Crippen molar-refractivity contribution < 1.29 is 19.0 Å². The zero-order valence-electron chi connectivity index (χ0n) is 13.4. The fourth-order valence-corrected chi connectivity index (χ4v) is 2.26. The summed E-state index contributed by atoms with van der Waals surface area (Å²) in [6, 6.07) is 8.59. The summed E-state index contributed by atoms with van der Waals surface area (Å²) in [7, 11) is 4.48. The number of pyridine rings is 1. The zero-order valence-corrected chi connectivity index (χ0v) is 13.4. The number of fused-ring (bicyclic) bond motifs is 1. The van der Waals surface area contributed by atoms with Gasteiger partial charge in [-0.2, -0.15) is 4.98 Å². The van der Waals surface area contributed by atoms with E-state index >= 15 is 0 Å². The van der Waals surface area contributed by atoms with E-state index in [4.69, 9.17) is 14.2 Å². The van der Waals surface area contributed by atoms with Crippen molar-refractivity contribution in [3.63, 3.8) is 0 Å². The third-order valence-electron chi connectivity index (χ3n) is 3.42. The highest BCUT2D eigenvalue weighted by atomic mass is 16.5. The molecule has 2 heterocycles. The van der Waals surface area contributed by atoms with Crippen molar-refractivity contribution in [2.24, 2.45) is 0 Å². The van der Waals surface area contributed by atoms with Crippen molar-refractivity contribution in [1.29, 1.82) is 0 Å². The standard InChI is InChI=1S/C16H16N4O4/c1-22-11-9-13(24-3)12(23-2)8-10(11)15(21)18-16-17-14-6-4-5-7-20(14)19-16/h4-9H,1-3H3,(H,18,19,21). The number of amides is 1. The van der Waals surface area contributed by atoms with Gasteiger partial charge in [0, 0.05) is 18.3 Å². The fourth-order valence-electron chi connectivity index (χ4n) is 2.26. The minimum Gasteiger partial charge on any atom is -0.496 e. The number of methoxy groups -OCH3 is 3. The molecular formula is C16H16N4O4. The summed E-state index contributed by atoms with van der Waals surface area (Å²) in [5.74, 6) is 1.03. The number of benzene rings is 1. The number of rotatable bonds is 5. The van der Waals surface area contributed by atoms with Crippen molar-refractivity contribution in [3.8, 4) is 17.2 Å². The number of carbonyl (C=O) groups excluding carboxylic acids is 1. The van der Waals surface area contributed by atoms with Gasteiger partial charge in [0.25, 0.3) is 5.91 Å². The molecule has 8 heteroatoms. The molecule has 124 valence electrons. The number of anilines is 1. The largest absolute Gasteiger partial charge is 0.496 e. The number of hydrogen-bond acceptors (Lipinski definition) is 6. The summed E-state index contributed by atoms with van der Waals surface area (Å²) in [6.07, 6.45) is 1.75. The second-order valence-electron chi connectivity index (χ2n) is 4.80. The number of hydrogen-bond donors (Lipinski definition) is 1. The van der Waals surface area contributed by atoms with E-state index in [1.54, 1.807) is 28.9 Å². The molecule has 8 nitrogen and oxygen atoms in total. The van der Waals surface area contributed by atoms with Gasteiger partial charge in [-0.15, -0.1) is 5.10 Å². The first kappa shape index (κ1) is 15.6. The molecule has 0 fully saturated rings. The Bertz CT molecular complexity index is 858. The second kappa shape index (κ2) is 6.45. The van der Waals surface area contributed by atoms with Gasteiger partial charge in [0.1, 0.15) is 5.75 Å². The Labute approximate surface area is 138 Å². The molecule has 0 aliphatic carbocycles. The number of nitrogens with one attached hydrogen (secondary N) is 1. The molecule has 0 atom stereocenters. The molecule has 0 spiro atoms. The minimum atomic E-state index is -0.413. The van der Waals surface area contributed by atoms with Crippen LogP contribution in [0.25, 0.3) is 5.65 Å². The molecular weight excluding hydrogens is 312 g/mol. The van der Waals surface area contributed by atoms with Gasteiger partial charge < -0.3 is 14.2 Å². The van der Waals surface area contributed by atoms with Crippen LogP contribution in [0.4, 0.5) is 5.95 Å². The van der Waals surface area contributed by atoms with E-state index in [1.807, 2.05) is 12.1 Å². The molecule has 3 rings (SSSR count). The fraction of sp³-hybridized carbons (Fsp3) is 0.188. The Morgan fingerprint density at radius 1 is 1.04 bits per heavy atom. The molecule has 1 aromatic carbocycles. The molecule has 0 radical (unpaired) electrons. The van der Waals surface area contributed by atoms with Gasteiger partial charge >= 0.3 is 0 Å². The first-order valence-electron chi connectivity index (χ1n) is 7.09. The Kier molecular flexibility index (Phi) is 4.19. The van der Waals surface area contributed by atoms with Crippen LogP contribution in [-0.2, 0) is 0 Å². The molecule has 3 aromatic rings. The van der Waals surface area contributed by atoms with Crippen LogP contribution in [-0.4, -0.2) is 41.8 Å². The summed E-state index contributed by atoms with van der Waals surface area (Å²) in [4.78, 5) is 16.8. The first-order chi connectivity index (χ1) is 11.7. The van der Waals surface area contributed by atoms with E-state index in [1.165, 1.54) is 21.3 Å². The summed E-state index contributed by atoms with van der Waals surface area (Å²) in [5.41, 5.74) is 0.918. The predicted molar refractivity (Wildman–Crippen MR) is 87.0 cm³/mol. The highest BCUT2D eigenvalue weighted by Crippen LogP contribution is 2.34.